The summed E-state index contributed by atoms with van der Waals surface area (Å²) in [5.74, 6) is -0.644. The molecular weight excluding hydrogens is 272 g/mol. The van der Waals surface area contributed by atoms with Gasteiger partial charge in [-0.25, -0.2) is 8.42 Å². The lowest BCUT2D eigenvalue weighted by Gasteiger charge is -2.22. The number of rotatable bonds is 9. The van der Waals surface area contributed by atoms with Crippen LogP contribution in [-0.4, -0.2) is 57.4 Å². The summed E-state index contributed by atoms with van der Waals surface area (Å²) >= 11 is 0. The molecule has 0 saturated carbocycles. The molecular formula is C11H20N2O5S. The van der Waals surface area contributed by atoms with Crippen LogP contribution in [0.1, 0.15) is 20.3 Å². The average Bonchev–Trinajstić information content (AvgIpc) is 2.35. The van der Waals surface area contributed by atoms with Gasteiger partial charge in [-0.05, 0) is 13.3 Å². The molecule has 19 heavy (non-hydrogen) atoms. The maximum Gasteiger partial charge on any atom is 0.321 e. The quantitative estimate of drug-likeness (QED) is 0.560. The zero-order valence-corrected chi connectivity index (χ0v) is 12.3. The number of hydrogen-bond donors (Lipinski definition) is 0. The van der Waals surface area contributed by atoms with Crippen molar-refractivity contribution < 1.29 is 22.7 Å². The molecule has 0 aromatic heterocycles. The molecule has 0 fully saturated rings. The third kappa shape index (κ3) is 5.55. The van der Waals surface area contributed by atoms with E-state index in [2.05, 4.69) is 0 Å². The minimum absolute atomic E-state index is 0.00975. The molecule has 1 atom stereocenters. The highest BCUT2D eigenvalue weighted by molar-refractivity contribution is 7.90. The minimum atomic E-state index is -3.86. The molecule has 7 nitrogen and oxygen atoms in total. The lowest BCUT2D eigenvalue weighted by molar-refractivity contribution is -0.143. The monoisotopic (exact) mass is 292 g/mol. The maximum absolute atomic E-state index is 12.2. The first-order chi connectivity index (χ1) is 8.93. The summed E-state index contributed by atoms with van der Waals surface area (Å²) in [4.78, 5) is 11.4. The number of hydrogen-bond acceptors (Lipinski definition) is 6. The molecule has 0 radical (unpaired) electrons. The van der Waals surface area contributed by atoms with Gasteiger partial charge in [0.25, 0.3) is 0 Å². The van der Waals surface area contributed by atoms with Crippen molar-refractivity contribution in [3.63, 3.8) is 0 Å². The molecule has 0 aliphatic heterocycles. The topological polar surface area (TPSA) is 96.7 Å². The van der Waals surface area contributed by atoms with E-state index in [0.717, 1.165) is 4.31 Å². The molecule has 0 bridgehead atoms. The number of nitrogens with zero attached hydrogens (tertiary/aromatic N) is 2. The van der Waals surface area contributed by atoms with E-state index < -0.39 is 27.8 Å². The third-order valence-corrected chi connectivity index (χ3v) is 4.58. The number of carbonyl (C=O) groups excluding carboxylic acids is 1. The number of nitriles is 1. The number of ether oxygens (including phenoxy) is 2. The Balaban J connectivity index is 5.02. The molecule has 110 valence electrons. The Morgan fingerprint density at radius 1 is 1.42 bits per heavy atom. The first kappa shape index (κ1) is 17.8. The summed E-state index contributed by atoms with van der Waals surface area (Å²) in [6, 6.07) is 1.73. The van der Waals surface area contributed by atoms with E-state index in [1.807, 2.05) is 0 Å². The van der Waals surface area contributed by atoms with Crippen molar-refractivity contribution in [2.24, 2.45) is 0 Å². The molecule has 0 aliphatic rings. The van der Waals surface area contributed by atoms with E-state index in [9.17, 15) is 13.2 Å². The summed E-state index contributed by atoms with van der Waals surface area (Å²) in [5.41, 5.74) is 0. The summed E-state index contributed by atoms with van der Waals surface area (Å²) in [6.45, 7) is 3.15. The van der Waals surface area contributed by atoms with Gasteiger partial charge in [0.2, 0.25) is 10.0 Å². The fourth-order valence-corrected chi connectivity index (χ4v) is 2.92. The van der Waals surface area contributed by atoms with Crippen molar-refractivity contribution in [3.05, 3.63) is 0 Å². The van der Waals surface area contributed by atoms with E-state index in [1.165, 1.54) is 7.11 Å². The van der Waals surface area contributed by atoms with Gasteiger partial charge >= 0.3 is 5.97 Å². The van der Waals surface area contributed by atoms with Gasteiger partial charge in [0, 0.05) is 13.7 Å². The lowest BCUT2D eigenvalue weighted by Crippen LogP contribution is -2.43. The molecule has 0 amide bonds. The molecule has 0 aromatic rings. The normalized spacial score (nSPS) is 13.0. The number of methoxy groups -OCH3 is 1. The largest absolute Gasteiger partial charge is 0.465 e. The van der Waals surface area contributed by atoms with Crippen LogP contribution in [0.3, 0.4) is 0 Å². The highest BCUT2D eigenvalue weighted by atomic mass is 32.2. The number of esters is 1. The minimum Gasteiger partial charge on any atom is -0.465 e. The van der Waals surface area contributed by atoms with Crippen LogP contribution in [0.15, 0.2) is 0 Å². The van der Waals surface area contributed by atoms with E-state index in [1.54, 1.807) is 19.9 Å². The third-order valence-electron chi connectivity index (χ3n) is 2.39. The molecule has 1 unspecified atom stereocenters. The van der Waals surface area contributed by atoms with Gasteiger partial charge in [0.15, 0.2) is 5.25 Å². The van der Waals surface area contributed by atoms with Crippen LogP contribution in [0.5, 0.6) is 0 Å². The summed E-state index contributed by atoms with van der Waals surface area (Å²) in [6.07, 6.45) is 0.158. The molecule has 0 aliphatic carbocycles. The molecule has 0 saturated heterocycles. The van der Waals surface area contributed by atoms with Gasteiger partial charge in [-0.1, -0.05) is 6.92 Å². The fraction of sp³-hybridized carbons (Fsp3) is 0.818. The highest BCUT2D eigenvalue weighted by Gasteiger charge is 2.32. The Morgan fingerprint density at radius 2 is 2.05 bits per heavy atom. The van der Waals surface area contributed by atoms with Crippen LogP contribution >= 0.6 is 0 Å². The Bertz CT molecular complexity index is 415. The predicted molar refractivity (Wildman–Crippen MR) is 68.7 cm³/mol. The standard InChI is InChI=1S/C11H20N2O5S/c1-4-10(8-12)19(15,16)13(6-7-17-3)9-11(14)18-5-2/h10H,4-7,9H2,1-3H3. The van der Waals surface area contributed by atoms with Crippen molar-refractivity contribution >= 4 is 16.0 Å². The predicted octanol–water partition coefficient (Wildman–Crippen LogP) is 0.130. The van der Waals surface area contributed by atoms with Crippen LogP contribution < -0.4 is 0 Å². The molecule has 0 rings (SSSR count). The second kappa shape index (κ2) is 8.85. The average molecular weight is 292 g/mol. The van der Waals surface area contributed by atoms with E-state index in [4.69, 9.17) is 14.7 Å². The Morgan fingerprint density at radius 3 is 2.47 bits per heavy atom. The van der Waals surface area contributed by atoms with Crippen LogP contribution in [0.2, 0.25) is 0 Å². The van der Waals surface area contributed by atoms with Crippen molar-refractivity contribution in [2.45, 2.75) is 25.5 Å². The number of sulfonamides is 1. The molecule has 0 N–H and O–H groups in total. The molecule has 0 aromatic carbocycles. The maximum atomic E-state index is 12.2. The van der Waals surface area contributed by atoms with Crippen molar-refractivity contribution in [1.29, 1.82) is 5.26 Å². The van der Waals surface area contributed by atoms with Gasteiger partial charge in [0.1, 0.15) is 6.54 Å². The number of carbonyl (C=O) groups is 1. The van der Waals surface area contributed by atoms with Gasteiger partial charge in [-0.3, -0.25) is 4.79 Å². The van der Waals surface area contributed by atoms with Gasteiger partial charge in [-0.15, -0.1) is 0 Å². The fourth-order valence-electron chi connectivity index (χ4n) is 1.39. The second-order valence-electron chi connectivity index (χ2n) is 3.70. The highest BCUT2D eigenvalue weighted by Crippen LogP contribution is 2.12. The Kier molecular flexibility index (Phi) is 8.30. The Hall–Kier alpha value is -1.17. The van der Waals surface area contributed by atoms with Gasteiger partial charge in [-0.2, -0.15) is 9.57 Å². The van der Waals surface area contributed by atoms with Crippen LogP contribution in [-0.2, 0) is 24.3 Å². The molecule has 0 spiro atoms. The molecule has 0 heterocycles. The van der Waals surface area contributed by atoms with E-state index in [0.29, 0.717) is 0 Å². The zero-order valence-electron chi connectivity index (χ0n) is 11.5. The van der Waals surface area contributed by atoms with E-state index in [-0.39, 0.29) is 26.2 Å². The second-order valence-corrected chi connectivity index (χ2v) is 5.82. The first-order valence-electron chi connectivity index (χ1n) is 5.97. The summed E-state index contributed by atoms with van der Waals surface area (Å²) in [7, 11) is -2.43. The Labute approximate surface area is 114 Å². The van der Waals surface area contributed by atoms with Gasteiger partial charge in [0.05, 0.1) is 19.3 Å². The zero-order chi connectivity index (χ0) is 14.9. The van der Waals surface area contributed by atoms with Crippen LogP contribution in [0.4, 0.5) is 0 Å². The van der Waals surface area contributed by atoms with Gasteiger partial charge < -0.3 is 9.47 Å². The first-order valence-corrected chi connectivity index (χ1v) is 7.47. The van der Waals surface area contributed by atoms with Crippen LogP contribution in [0, 0.1) is 11.3 Å². The van der Waals surface area contributed by atoms with Crippen LogP contribution in [0.25, 0.3) is 0 Å². The summed E-state index contributed by atoms with van der Waals surface area (Å²) in [5, 5.41) is 7.70. The lowest BCUT2D eigenvalue weighted by atomic mass is 10.4. The van der Waals surface area contributed by atoms with Crippen molar-refractivity contribution in [2.75, 3.05) is 33.4 Å². The summed E-state index contributed by atoms with van der Waals surface area (Å²) < 4.78 is 34.8. The smallest absolute Gasteiger partial charge is 0.321 e. The van der Waals surface area contributed by atoms with Crippen molar-refractivity contribution in [1.82, 2.24) is 4.31 Å². The molecule has 8 heteroatoms. The SMILES string of the molecule is CCOC(=O)CN(CCOC)S(=O)(=O)C(C#N)CC. The van der Waals surface area contributed by atoms with E-state index >= 15 is 0 Å². The van der Waals surface area contributed by atoms with Crippen molar-refractivity contribution in [3.8, 4) is 6.07 Å².